The van der Waals surface area contributed by atoms with E-state index in [9.17, 15) is 4.79 Å². The second-order valence-electron chi connectivity index (χ2n) is 5.07. The molecule has 1 aromatic carbocycles. The molecule has 0 spiro atoms. The largest absolute Gasteiger partial charge is 0.481 e. The number of imidazole rings is 1. The first-order valence-corrected chi connectivity index (χ1v) is 7.62. The molecule has 0 radical (unpaired) electrons. The molecule has 3 rings (SSSR count). The third kappa shape index (κ3) is 2.56. The summed E-state index contributed by atoms with van der Waals surface area (Å²) in [6, 6.07) is 9.98. The quantitative estimate of drug-likeness (QED) is 0.796. The number of rotatable bonds is 4. The number of thiophene rings is 1. The smallest absolute Gasteiger partial charge is 0.305 e. The summed E-state index contributed by atoms with van der Waals surface area (Å²) >= 11 is 1.70. The third-order valence-electron chi connectivity index (χ3n) is 3.59. The van der Waals surface area contributed by atoms with E-state index in [1.54, 1.807) is 11.3 Å². The van der Waals surface area contributed by atoms with Crippen molar-refractivity contribution in [3.05, 3.63) is 40.8 Å². The van der Waals surface area contributed by atoms with Crippen molar-refractivity contribution in [2.45, 2.75) is 26.8 Å². The first-order chi connectivity index (χ1) is 10.1. The van der Waals surface area contributed by atoms with Crippen molar-refractivity contribution < 1.29 is 9.90 Å². The zero-order valence-electron chi connectivity index (χ0n) is 12.0. The monoisotopic (exact) mass is 300 g/mol. The maximum atomic E-state index is 10.9. The summed E-state index contributed by atoms with van der Waals surface area (Å²) in [5.74, 6) is 0.0657. The van der Waals surface area contributed by atoms with Crippen LogP contribution in [0.15, 0.2) is 30.3 Å². The Morgan fingerprint density at radius 1 is 1.33 bits per heavy atom. The molecule has 2 heterocycles. The van der Waals surface area contributed by atoms with Gasteiger partial charge in [0.2, 0.25) is 0 Å². The van der Waals surface area contributed by atoms with Crippen molar-refractivity contribution in [2.24, 2.45) is 0 Å². The molecular weight excluding hydrogens is 284 g/mol. The fraction of sp³-hybridized carbons (Fsp3) is 0.250. The minimum Gasteiger partial charge on any atom is -0.481 e. The number of aromatic nitrogens is 2. The highest BCUT2D eigenvalue weighted by atomic mass is 32.1. The highest BCUT2D eigenvalue weighted by Crippen LogP contribution is 2.32. The van der Waals surface area contributed by atoms with Crippen LogP contribution in [0.4, 0.5) is 0 Å². The first-order valence-electron chi connectivity index (χ1n) is 6.80. The van der Waals surface area contributed by atoms with E-state index in [0.717, 1.165) is 21.7 Å². The van der Waals surface area contributed by atoms with Crippen LogP contribution < -0.4 is 0 Å². The van der Waals surface area contributed by atoms with Crippen LogP contribution in [-0.4, -0.2) is 20.6 Å². The van der Waals surface area contributed by atoms with Gasteiger partial charge in [0.1, 0.15) is 0 Å². The summed E-state index contributed by atoms with van der Waals surface area (Å²) in [5, 5.41) is 8.96. The van der Waals surface area contributed by atoms with Crippen molar-refractivity contribution in [3.8, 4) is 10.7 Å². The van der Waals surface area contributed by atoms with Gasteiger partial charge in [-0.1, -0.05) is 12.1 Å². The highest BCUT2D eigenvalue weighted by molar-refractivity contribution is 7.15. The molecule has 0 aliphatic rings. The van der Waals surface area contributed by atoms with Gasteiger partial charge in [0.25, 0.3) is 0 Å². The van der Waals surface area contributed by atoms with E-state index in [2.05, 4.69) is 19.9 Å². The van der Waals surface area contributed by atoms with Crippen LogP contribution in [0.1, 0.15) is 16.9 Å². The van der Waals surface area contributed by atoms with Crippen molar-refractivity contribution >= 4 is 28.3 Å². The van der Waals surface area contributed by atoms with Crippen LogP contribution in [0.25, 0.3) is 21.7 Å². The average molecular weight is 300 g/mol. The number of carbonyl (C=O) groups is 1. The fourth-order valence-electron chi connectivity index (χ4n) is 2.38. The van der Waals surface area contributed by atoms with Crippen LogP contribution >= 0.6 is 11.3 Å². The topological polar surface area (TPSA) is 55.1 Å². The summed E-state index contributed by atoms with van der Waals surface area (Å²) in [6.45, 7) is 4.61. The molecule has 108 valence electrons. The average Bonchev–Trinajstić information content (AvgIpc) is 2.97. The number of carboxylic acids is 1. The van der Waals surface area contributed by atoms with Crippen molar-refractivity contribution in [1.29, 1.82) is 0 Å². The van der Waals surface area contributed by atoms with E-state index in [1.165, 1.54) is 10.4 Å². The lowest BCUT2D eigenvalue weighted by Gasteiger charge is -2.06. The Labute approximate surface area is 126 Å². The first kappa shape index (κ1) is 13.8. The molecule has 0 bridgehead atoms. The minimum absolute atomic E-state index is 0.0939. The number of fused-ring (bicyclic) bond motifs is 1. The van der Waals surface area contributed by atoms with E-state index in [-0.39, 0.29) is 6.42 Å². The van der Waals surface area contributed by atoms with Gasteiger partial charge in [0.05, 0.1) is 22.3 Å². The Kier molecular flexibility index (Phi) is 3.51. The Morgan fingerprint density at radius 3 is 2.76 bits per heavy atom. The van der Waals surface area contributed by atoms with E-state index in [1.807, 2.05) is 28.8 Å². The summed E-state index contributed by atoms with van der Waals surface area (Å²) in [4.78, 5) is 18.0. The molecule has 3 aromatic rings. The van der Waals surface area contributed by atoms with Crippen LogP contribution in [0.2, 0.25) is 0 Å². The van der Waals surface area contributed by atoms with Gasteiger partial charge in [-0.2, -0.15) is 0 Å². The third-order valence-corrected chi connectivity index (χ3v) is 4.74. The lowest BCUT2D eigenvalue weighted by Crippen LogP contribution is -2.05. The molecule has 0 aliphatic carbocycles. The summed E-state index contributed by atoms with van der Waals surface area (Å²) in [5.41, 5.74) is 3.13. The molecule has 0 fully saturated rings. The number of aryl methyl sites for hydroxylation is 3. The maximum Gasteiger partial charge on any atom is 0.305 e. The van der Waals surface area contributed by atoms with Gasteiger partial charge in [-0.15, -0.1) is 11.3 Å². The number of hydrogen-bond donors (Lipinski definition) is 1. The van der Waals surface area contributed by atoms with Gasteiger partial charge in [0.15, 0.2) is 5.82 Å². The number of aliphatic carboxylic acids is 1. The van der Waals surface area contributed by atoms with E-state index >= 15 is 0 Å². The van der Waals surface area contributed by atoms with Gasteiger partial charge in [0, 0.05) is 11.4 Å². The number of hydrogen-bond acceptors (Lipinski definition) is 3. The summed E-state index contributed by atoms with van der Waals surface area (Å²) in [7, 11) is 0. The van der Waals surface area contributed by atoms with Crippen molar-refractivity contribution in [2.75, 3.05) is 0 Å². The minimum atomic E-state index is -0.794. The van der Waals surface area contributed by atoms with Gasteiger partial charge in [-0.25, -0.2) is 4.98 Å². The van der Waals surface area contributed by atoms with Crippen molar-refractivity contribution in [3.63, 3.8) is 0 Å². The normalized spacial score (nSPS) is 11.1. The van der Waals surface area contributed by atoms with Crippen LogP contribution in [0.3, 0.4) is 0 Å². The molecule has 5 heteroatoms. The molecule has 0 atom stereocenters. The standard InChI is InChI=1S/C16H16N2O2S/c1-10-9-14(21-11(10)2)16-17-12-5-3-4-6-13(12)18(16)8-7-15(19)20/h3-6,9H,7-8H2,1-2H3,(H,19,20). The Morgan fingerprint density at radius 2 is 2.10 bits per heavy atom. The lowest BCUT2D eigenvalue weighted by molar-refractivity contribution is -0.137. The SMILES string of the molecule is Cc1cc(-c2nc3ccccc3n2CCC(=O)O)sc1C. The number of nitrogens with zero attached hydrogens (tertiary/aromatic N) is 2. The number of carboxylic acid groups (broad SMARTS) is 1. The molecular formula is C16H16N2O2S. The number of benzene rings is 1. The second-order valence-corrected chi connectivity index (χ2v) is 6.33. The Bertz CT molecular complexity index is 797. The van der Waals surface area contributed by atoms with E-state index < -0.39 is 5.97 Å². The molecule has 0 saturated heterocycles. The van der Waals surface area contributed by atoms with E-state index in [0.29, 0.717) is 6.54 Å². The van der Waals surface area contributed by atoms with Crippen LogP contribution in [0.5, 0.6) is 0 Å². The van der Waals surface area contributed by atoms with Gasteiger partial charge in [-0.05, 0) is 37.6 Å². The predicted octanol–water partition coefficient (Wildman–Crippen LogP) is 3.86. The highest BCUT2D eigenvalue weighted by Gasteiger charge is 2.15. The van der Waals surface area contributed by atoms with Crippen molar-refractivity contribution in [1.82, 2.24) is 9.55 Å². The molecule has 0 aliphatic heterocycles. The fourth-order valence-corrected chi connectivity index (χ4v) is 3.41. The molecule has 1 N–H and O–H groups in total. The van der Waals surface area contributed by atoms with Gasteiger partial charge < -0.3 is 9.67 Å². The predicted molar refractivity (Wildman–Crippen MR) is 84.8 cm³/mol. The zero-order valence-corrected chi connectivity index (χ0v) is 12.8. The Balaban J connectivity index is 2.15. The van der Waals surface area contributed by atoms with Gasteiger partial charge >= 0.3 is 5.97 Å². The second kappa shape index (κ2) is 5.33. The molecule has 0 unspecified atom stereocenters. The maximum absolute atomic E-state index is 10.9. The van der Waals surface area contributed by atoms with Gasteiger partial charge in [-0.3, -0.25) is 4.79 Å². The summed E-state index contributed by atoms with van der Waals surface area (Å²) < 4.78 is 2.01. The zero-order chi connectivity index (χ0) is 15.0. The molecule has 2 aromatic heterocycles. The number of para-hydroxylation sites is 2. The van der Waals surface area contributed by atoms with Crippen LogP contribution in [0, 0.1) is 13.8 Å². The summed E-state index contributed by atoms with van der Waals surface area (Å²) in [6.07, 6.45) is 0.0939. The molecule has 21 heavy (non-hydrogen) atoms. The lowest BCUT2D eigenvalue weighted by atomic mass is 10.3. The Hall–Kier alpha value is -2.14. The molecule has 4 nitrogen and oxygen atoms in total. The molecule has 0 amide bonds. The van der Waals surface area contributed by atoms with E-state index in [4.69, 9.17) is 10.1 Å². The molecule has 0 saturated carbocycles. The van der Waals surface area contributed by atoms with Crippen LogP contribution in [-0.2, 0) is 11.3 Å².